The second kappa shape index (κ2) is 6.12. The van der Waals surface area contributed by atoms with Gasteiger partial charge in [0, 0.05) is 6.42 Å². The molecule has 0 radical (unpaired) electrons. The molecule has 0 aromatic rings. The summed E-state index contributed by atoms with van der Waals surface area (Å²) < 4.78 is 0. The average Bonchev–Trinajstić information content (AvgIpc) is 2.03. The number of hydrogen-bond acceptors (Lipinski definition) is 3. The van der Waals surface area contributed by atoms with Crippen LogP contribution >= 0.6 is 0 Å². The summed E-state index contributed by atoms with van der Waals surface area (Å²) in [5.74, 6) is -0.142. The number of unbranched alkanes of at least 4 members (excludes halogenated alkanes) is 1. The molecule has 4 nitrogen and oxygen atoms in total. The molecule has 0 aliphatic heterocycles. The SMILES string of the molecule is CCCCC(=O)N(OC)OC. The summed E-state index contributed by atoms with van der Waals surface area (Å²) in [6.45, 7) is 2.03. The van der Waals surface area contributed by atoms with E-state index in [0.717, 1.165) is 18.1 Å². The molecule has 4 heteroatoms. The second-order valence-electron chi connectivity index (χ2n) is 2.12. The van der Waals surface area contributed by atoms with Crippen molar-refractivity contribution in [3.8, 4) is 0 Å². The molecule has 0 aromatic heterocycles. The molecule has 66 valence electrons. The summed E-state index contributed by atoms with van der Waals surface area (Å²) in [7, 11) is 2.79. The van der Waals surface area contributed by atoms with Crippen molar-refractivity contribution in [2.24, 2.45) is 0 Å². The van der Waals surface area contributed by atoms with Crippen LogP contribution in [0.1, 0.15) is 26.2 Å². The van der Waals surface area contributed by atoms with Crippen LogP contribution in [0, 0.1) is 0 Å². The van der Waals surface area contributed by atoms with Crippen molar-refractivity contribution in [3.63, 3.8) is 0 Å². The Bertz CT molecular complexity index is 112. The maximum Gasteiger partial charge on any atom is 0.273 e. The molecule has 0 saturated heterocycles. The molecule has 11 heavy (non-hydrogen) atoms. The summed E-state index contributed by atoms with van der Waals surface area (Å²) in [4.78, 5) is 20.3. The first-order valence-corrected chi connectivity index (χ1v) is 3.67. The normalized spacial score (nSPS) is 9.73. The zero-order valence-corrected chi connectivity index (χ0v) is 7.29. The maximum absolute atomic E-state index is 11.0. The molecule has 0 unspecified atom stereocenters. The van der Waals surface area contributed by atoms with Gasteiger partial charge in [-0.15, -0.1) is 0 Å². The molecule has 0 rings (SSSR count). The van der Waals surface area contributed by atoms with Crippen molar-refractivity contribution in [2.75, 3.05) is 14.2 Å². The van der Waals surface area contributed by atoms with E-state index in [4.69, 9.17) is 0 Å². The molecule has 0 aromatic carbocycles. The van der Waals surface area contributed by atoms with Gasteiger partial charge in [-0.25, -0.2) is 9.68 Å². The lowest BCUT2D eigenvalue weighted by Crippen LogP contribution is -2.28. The summed E-state index contributed by atoms with van der Waals surface area (Å²) in [6.07, 6.45) is 2.33. The first kappa shape index (κ1) is 10.4. The van der Waals surface area contributed by atoms with Gasteiger partial charge >= 0.3 is 0 Å². The fraction of sp³-hybridized carbons (Fsp3) is 0.857. The standard InChI is InChI=1S/C7H15NO3/c1-4-5-6-7(9)8(10-2)11-3/h4-6H2,1-3H3. The Hall–Kier alpha value is -0.610. The molecule has 0 fully saturated rings. The highest BCUT2D eigenvalue weighted by Crippen LogP contribution is 2.00. The van der Waals surface area contributed by atoms with Crippen LogP contribution < -0.4 is 0 Å². The number of hydrogen-bond donors (Lipinski definition) is 0. The zero-order chi connectivity index (χ0) is 8.69. The summed E-state index contributed by atoms with van der Waals surface area (Å²) in [5.41, 5.74) is 0. The van der Waals surface area contributed by atoms with Crippen LogP contribution in [0.5, 0.6) is 0 Å². The molecule has 1 amide bonds. The van der Waals surface area contributed by atoms with Gasteiger partial charge in [0.15, 0.2) is 0 Å². The summed E-state index contributed by atoms with van der Waals surface area (Å²) in [6, 6.07) is 0. The maximum atomic E-state index is 11.0. The summed E-state index contributed by atoms with van der Waals surface area (Å²) >= 11 is 0. The number of nitrogens with zero attached hydrogens (tertiary/aromatic N) is 1. The van der Waals surface area contributed by atoms with Crippen LogP contribution in [-0.4, -0.2) is 25.4 Å². The van der Waals surface area contributed by atoms with Crippen molar-refractivity contribution in [1.29, 1.82) is 0 Å². The van der Waals surface area contributed by atoms with Crippen molar-refractivity contribution in [3.05, 3.63) is 0 Å². The van der Waals surface area contributed by atoms with Crippen molar-refractivity contribution in [1.82, 2.24) is 5.23 Å². The Labute approximate surface area is 67.0 Å². The van der Waals surface area contributed by atoms with E-state index in [1.807, 2.05) is 6.92 Å². The van der Waals surface area contributed by atoms with Gasteiger partial charge in [-0.3, -0.25) is 4.79 Å². The highest BCUT2D eigenvalue weighted by atomic mass is 16.9. The van der Waals surface area contributed by atoms with E-state index in [9.17, 15) is 4.79 Å². The lowest BCUT2D eigenvalue weighted by atomic mass is 10.2. The smallest absolute Gasteiger partial charge is 0.270 e. The van der Waals surface area contributed by atoms with Crippen molar-refractivity contribution < 1.29 is 14.5 Å². The van der Waals surface area contributed by atoms with Gasteiger partial charge in [-0.2, -0.15) is 0 Å². The van der Waals surface area contributed by atoms with Gasteiger partial charge in [-0.1, -0.05) is 18.6 Å². The van der Waals surface area contributed by atoms with E-state index in [2.05, 4.69) is 9.68 Å². The molecule has 0 atom stereocenters. The highest BCUT2D eigenvalue weighted by Gasteiger charge is 2.10. The summed E-state index contributed by atoms with van der Waals surface area (Å²) in [5, 5.41) is 0.885. The van der Waals surface area contributed by atoms with Gasteiger partial charge in [0.25, 0.3) is 5.91 Å². The molecule has 0 bridgehead atoms. The monoisotopic (exact) mass is 161 g/mol. The number of hydroxylamine groups is 2. The van der Waals surface area contributed by atoms with Crippen LogP contribution in [0.3, 0.4) is 0 Å². The number of carbonyl (C=O) groups excluding carboxylic acids is 1. The van der Waals surface area contributed by atoms with Crippen LogP contribution in [0.2, 0.25) is 0 Å². The lowest BCUT2D eigenvalue weighted by molar-refractivity contribution is -0.317. The minimum Gasteiger partial charge on any atom is -0.270 e. The molecule has 0 spiro atoms. The highest BCUT2D eigenvalue weighted by molar-refractivity contribution is 5.73. The number of rotatable bonds is 5. The largest absolute Gasteiger partial charge is 0.273 e. The predicted octanol–water partition coefficient (Wildman–Crippen LogP) is 1.13. The van der Waals surface area contributed by atoms with Crippen molar-refractivity contribution >= 4 is 5.91 Å². The Morgan fingerprint density at radius 2 is 1.91 bits per heavy atom. The molecule has 0 saturated carbocycles. The Morgan fingerprint density at radius 3 is 2.27 bits per heavy atom. The molecular weight excluding hydrogens is 146 g/mol. The van der Waals surface area contributed by atoms with Gasteiger partial charge < -0.3 is 0 Å². The minimum atomic E-state index is -0.142. The second-order valence-corrected chi connectivity index (χ2v) is 2.12. The van der Waals surface area contributed by atoms with Gasteiger partial charge in [-0.05, 0) is 6.42 Å². The molecular formula is C7H15NO3. The predicted molar refractivity (Wildman–Crippen MR) is 40.4 cm³/mol. The third-order valence-electron chi connectivity index (χ3n) is 1.28. The minimum absolute atomic E-state index is 0.142. The number of amides is 1. The first-order chi connectivity index (χ1) is 5.26. The van der Waals surface area contributed by atoms with Gasteiger partial charge in [0.1, 0.15) is 0 Å². The fourth-order valence-electron chi connectivity index (χ4n) is 0.697. The third kappa shape index (κ3) is 3.95. The van der Waals surface area contributed by atoms with E-state index >= 15 is 0 Å². The number of carbonyl (C=O) groups is 1. The van der Waals surface area contributed by atoms with Crippen LogP contribution in [0.25, 0.3) is 0 Å². The molecule has 0 heterocycles. The Morgan fingerprint density at radius 1 is 1.36 bits per heavy atom. The molecule has 0 aliphatic rings. The van der Waals surface area contributed by atoms with E-state index in [1.54, 1.807) is 0 Å². The van der Waals surface area contributed by atoms with Gasteiger partial charge in [0.2, 0.25) is 0 Å². The van der Waals surface area contributed by atoms with Crippen LogP contribution in [0.4, 0.5) is 0 Å². The van der Waals surface area contributed by atoms with E-state index in [-0.39, 0.29) is 5.91 Å². The third-order valence-corrected chi connectivity index (χ3v) is 1.28. The van der Waals surface area contributed by atoms with E-state index in [1.165, 1.54) is 14.2 Å². The Kier molecular flexibility index (Phi) is 5.78. The van der Waals surface area contributed by atoms with Crippen LogP contribution in [0.15, 0.2) is 0 Å². The van der Waals surface area contributed by atoms with Crippen LogP contribution in [-0.2, 0) is 14.5 Å². The quantitative estimate of drug-likeness (QED) is 0.567. The topological polar surface area (TPSA) is 38.8 Å². The first-order valence-electron chi connectivity index (χ1n) is 3.67. The Balaban J connectivity index is 3.61. The fourth-order valence-corrected chi connectivity index (χ4v) is 0.697. The zero-order valence-electron chi connectivity index (χ0n) is 7.29. The van der Waals surface area contributed by atoms with E-state index < -0.39 is 0 Å². The lowest BCUT2D eigenvalue weighted by Gasteiger charge is -2.14. The van der Waals surface area contributed by atoms with E-state index in [0.29, 0.717) is 6.42 Å². The molecule has 0 N–H and O–H groups in total. The average molecular weight is 161 g/mol. The van der Waals surface area contributed by atoms with Gasteiger partial charge in [0.05, 0.1) is 14.2 Å². The van der Waals surface area contributed by atoms with Crippen molar-refractivity contribution in [2.45, 2.75) is 26.2 Å². The molecule has 0 aliphatic carbocycles.